The van der Waals surface area contributed by atoms with Crippen LogP contribution >= 0.6 is 54.0 Å². The SMILES string of the molecule is CC(C)(C)OC(=O)N1CCC[C@H]1CO.CC(C)N1CCC[C@H]1CO.OC[C@@H]1CCCN1.S.S.S.S.[C-]#[N+]CC1CN(c2nc(OC[C@@H]3CCCN3C(C)C)nc3c2CCN(c2cccc4ccccc24)C3)CCN1C(=O)C=C. The molecule has 2 amide bonds. The lowest BCUT2D eigenvalue weighted by Crippen LogP contribution is -2.56. The summed E-state index contributed by atoms with van der Waals surface area (Å²) in [6.45, 7) is 34.3. The average molecular weight is 1160 g/mol. The standard InChI is InChI=1S/C34H41N7O2.C10H19NO3.C8H17NO.C5H11NO.4H2S/c1-5-32(42)41-19-18-39(21-27(41)20-35-4)33-29-15-17-38(31-14-8-11-25-10-6-7-13-28(25)31)22-30(29)36-34(37-33)43-23-26-12-9-16-40(26)24(2)3;1-10(2,3)14-9(13)11-6-4-5-8(11)7-12;1-7(2)9-5-3-4-8(9)6-10;7-4-5-2-1-3-6-5;;;;/h5-8,10-11,13-14,24,26-27H,1,9,12,15-23H2,2-3H3;8,12H,4-7H2,1-3H3;7-8,10H,3-6H2,1-2H3;5-7H,1-4H2;4*1H2/t26-,27?;2*8-;5-;;;;/m0000..../s1. The van der Waals surface area contributed by atoms with Crippen molar-refractivity contribution < 1.29 is 34.4 Å². The van der Waals surface area contributed by atoms with E-state index in [1.54, 1.807) is 9.80 Å². The number of benzene rings is 2. The number of piperazine rings is 1. The maximum absolute atomic E-state index is 12.6. The molecule has 7 heterocycles. The number of nitrogens with zero attached hydrogens (tertiary/aromatic N) is 9. The van der Waals surface area contributed by atoms with Gasteiger partial charge in [-0.05, 0) is 143 Å². The molecule has 0 aliphatic carbocycles. The van der Waals surface area contributed by atoms with Crippen LogP contribution in [0, 0.1) is 6.57 Å². The minimum absolute atomic E-state index is 0. The van der Waals surface area contributed by atoms with E-state index in [9.17, 15) is 9.59 Å². The van der Waals surface area contributed by atoms with Crippen LogP contribution in [-0.2, 0) is 22.5 Å². The Morgan fingerprint density at radius 2 is 1.41 bits per heavy atom. The number of carbonyl (C=O) groups excluding carboxylic acids is 2. The first-order valence-corrected chi connectivity index (χ1v) is 27.4. The minimum Gasteiger partial charge on any atom is -0.462 e. The summed E-state index contributed by atoms with van der Waals surface area (Å²) in [6, 6.07) is 17.4. The van der Waals surface area contributed by atoms with Crippen molar-refractivity contribution in [3.05, 3.63) is 77.8 Å². The van der Waals surface area contributed by atoms with Crippen molar-refractivity contribution >= 4 is 88.3 Å². The third-order valence-corrected chi connectivity index (χ3v) is 15.1. The summed E-state index contributed by atoms with van der Waals surface area (Å²) in [7, 11) is 0. The number of nitrogens with one attached hydrogen (secondary N) is 1. The van der Waals surface area contributed by atoms with Crippen LogP contribution in [0.1, 0.15) is 111 Å². The van der Waals surface area contributed by atoms with Gasteiger partial charge < -0.3 is 54.6 Å². The summed E-state index contributed by atoms with van der Waals surface area (Å²) < 4.78 is 11.6. The summed E-state index contributed by atoms with van der Waals surface area (Å²) in [5, 5.41) is 32.1. The maximum atomic E-state index is 12.6. The van der Waals surface area contributed by atoms with Gasteiger partial charge in [-0.3, -0.25) is 14.6 Å². The van der Waals surface area contributed by atoms with Gasteiger partial charge in [0, 0.05) is 79.6 Å². The molecule has 0 bridgehead atoms. The molecule has 0 saturated carbocycles. The van der Waals surface area contributed by atoms with Crippen LogP contribution < -0.4 is 19.9 Å². The summed E-state index contributed by atoms with van der Waals surface area (Å²) in [5.74, 6) is 0.754. The van der Waals surface area contributed by atoms with Gasteiger partial charge in [0.1, 0.15) is 24.1 Å². The number of amides is 2. The van der Waals surface area contributed by atoms with Crippen molar-refractivity contribution in [3.8, 4) is 6.01 Å². The van der Waals surface area contributed by atoms with Crippen LogP contribution in [0.2, 0.25) is 0 Å². The Hall–Kier alpha value is -3.69. The molecule has 5 atom stereocenters. The van der Waals surface area contributed by atoms with E-state index in [1.165, 1.54) is 54.8 Å². The Bertz CT molecular complexity index is 2310. The Morgan fingerprint density at radius 3 is 2.00 bits per heavy atom. The highest BCUT2D eigenvalue weighted by Crippen LogP contribution is 2.35. The van der Waals surface area contributed by atoms with Gasteiger partial charge >= 0.3 is 12.1 Å². The summed E-state index contributed by atoms with van der Waals surface area (Å²) in [4.78, 5) is 50.8. The van der Waals surface area contributed by atoms with Gasteiger partial charge in [-0.2, -0.15) is 64.0 Å². The second-order valence-corrected chi connectivity index (χ2v) is 22.0. The number of aromatic nitrogens is 2. The second kappa shape index (κ2) is 34.6. The fraction of sp³-hybridized carbons (Fsp3) is 0.667. The fourth-order valence-electron chi connectivity index (χ4n) is 11.2. The number of hydrogen-bond acceptors (Lipinski definition) is 14. The topological polar surface area (TPSA) is 175 Å². The van der Waals surface area contributed by atoms with Crippen LogP contribution in [0.3, 0.4) is 0 Å². The highest BCUT2D eigenvalue weighted by Gasteiger charge is 2.36. The van der Waals surface area contributed by atoms with Crippen molar-refractivity contribution in [2.75, 3.05) is 95.1 Å². The molecule has 2 aromatic carbocycles. The molecule has 1 unspecified atom stereocenters. The number of likely N-dealkylation sites (tertiary alicyclic amines) is 3. The number of anilines is 2. The van der Waals surface area contributed by atoms with Crippen molar-refractivity contribution in [3.63, 3.8) is 0 Å². The van der Waals surface area contributed by atoms with Crippen LogP contribution in [-0.4, -0.2) is 190 Å². The molecule has 5 fully saturated rings. The molecule has 17 nitrogen and oxygen atoms in total. The third-order valence-electron chi connectivity index (χ3n) is 15.1. The molecule has 0 spiro atoms. The molecular weight excluding hydrogens is 1060 g/mol. The zero-order valence-corrected chi connectivity index (χ0v) is 51.6. The largest absolute Gasteiger partial charge is 0.462 e. The quantitative estimate of drug-likeness (QED) is 0.108. The molecule has 440 valence electrons. The van der Waals surface area contributed by atoms with Gasteiger partial charge in [-0.15, -0.1) is 0 Å². The Balaban J connectivity index is 0.000000483. The number of aliphatic hydroxyl groups excluding tert-OH is 3. The summed E-state index contributed by atoms with van der Waals surface area (Å²) in [6.07, 6.45) is 10.8. The number of fused-ring (bicyclic) bond motifs is 2. The second-order valence-electron chi connectivity index (χ2n) is 22.0. The lowest BCUT2D eigenvalue weighted by molar-refractivity contribution is -0.128. The van der Waals surface area contributed by atoms with E-state index in [0.717, 1.165) is 68.8 Å². The lowest BCUT2D eigenvalue weighted by atomic mass is 10.0. The normalized spacial score (nSPS) is 21.9. The number of hydrogen-bond donors (Lipinski definition) is 4. The van der Waals surface area contributed by atoms with Crippen LogP contribution in [0.25, 0.3) is 15.6 Å². The third kappa shape index (κ3) is 19.5. The molecule has 4 N–H and O–H groups in total. The molecule has 78 heavy (non-hydrogen) atoms. The van der Waals surface area contributed by atoms with E-state index in [4.69, 9.17) is 41.3 Å². The zero-order chi connectivity index (χ0) is 53.4. The molecule has 3 aromatic rings. The first kappa shape index (κ1) is 70.4. The molecule has 21 heteroatoms. The van der Waals surface area contributed by atoms with Gasteiger partial charge in [-0.1, -0.05) is 43.0 Å². The zero-order valence-electron chi connectivity index (χ0n) is 47.6. The van der Waals surface area contributed by atoms with Crippen LogP contribution in [0.15, 0.2) is 55.1 Å². The molecular formula is C57H96N10O7S4. The van der Waals surface area contributed by atoms with Crippen LogP contribution in [0.5, 0.6) is 6.01 Å². The summed E-state index contributed by atoms with van der Waals surface area (Å²) >= 11 is 0. The van der Waals surface area contributed by atoms with Crippen molar-refractivity contribution in [1.82, 2.24) is 34.9 Å². The fourth-order valence-corrected chi connectivity index (χ4v) is 11.2. The molecule has 6 aliphatic rings. The number of aliphatic hydroxyl groups is 3. The molecule has 1 aromatic heterocycles. The van der Waals surface area contributed by atoms with Crippen molar-refractivity contribution in [2.45, 2.75) is 161 Å². The number of rotatable bonds is 12. The first-order valence-electron chi connectivity index (χ1n) is 27.4. The first-order chi connectivity index (χ1) is 35.6. The van der Waals surface area contributed by atoms with E-state index >= 15 is 0 Å². The van der Waals surface area contributed by atoms with E-state index in [2.05, 4.69) is 106 Å². The number of carbonyl (C=O) groups is 2. The van der Waals surface area contributed by atoms with Gasteiger partial charge in [0.25, 0.3) is 0 Å². The van der Waals surface area contributed by atoms with Gasteiger partial charge in [0.2, 0.25) is 12.5 Å². The lowest BCUT2D eigenvalue weighted by Gasteiger charge is -2.41. The van der Waals surface area contributed by atoms with Gasteiger partial charge in [0.05, 0.1) is 38.1 Å². The van der Waals surface area contributed by atoms with Crippen molar-refractivity contribution in [1.29, 1.82) is 0 Å². The maximum Gasteiger partial charge on any atom is 0.410 e. The predicted octanol–water partition coefficient (Wildman–Crippen LogP) is 6.98. The monoisotopic (exact) mass is 1160 g/mol. The predicted molar refractivity (Wildman–Crippen MR) is 335 cm³/mol. The Morgan fingerprint density at radius 1 is 0.769 bits per heavy atom. The van der Waals surface area contributed by atoms with E-state index < -0.39 is 5.60 Å². The Labute approximate surface area is 494 Å². The number of ether oxygens (including phenoxy) is 2. The smallest absolute Gasteiger partial charge is 0.410 e. The molecule has 0 radical (unpaired) electrons. The highest BCUT2D eigenvalue weighted by molar-refractivity contribution is 7.59. The molecule has 6 aliphatic heterocycles. The van der Waals surface area contributed by atoms with E-state index in [-0.39, 0.29) is 91.2 Å². The van der Waals surface area contributed by atoms with E-state index in [0.29, 0.717) is 88.8 Å². The van der Waals surface area contributed by atoms with Crippen LogP contribution in [0.4, 0.5) is 16.3 Å². The van der Waals surface area contributed by atoms with Crippen molar-refractivity contribution in [2.24, 2.45) is 0 Å². The average Bonchev–Trinajstić information content (AvgIpc) is 4.26. The minimum atomic E-state index is -0.459. The van der Waals surface area contributed by atoms with E-state index in [1.807, 2.05) is 20.8 Å². The van der Waals surface area contributed by atoms with Gasteiger partial charge in [0.15, 0.2) is 0 Å². The summed E-state index contributed by atoms with van der Waals surface area (Å²) in [5.41, 5.74) is 2.87. The molecule has 9 rings (SSSR count). The Kier molecular flexibility index (Phi) is 31.2. The molecule has 5 saturated heterocycles. The van der Waals surface area contributed by atoms with Gasteiger partial charge in [-0.25, -0.2) is 11.4 Å². The highest BCUT2D eigenvalue weighted by atomic mass is 32.1.